The van der Waals surface area contributed by atoms with E-state index in [1.807, 2.05) is 0 Å². The fraction of sp³-hybridized carbons (Fsp3) is 0.909. The number of carbonyl (C=O) groups is 1. The number of likely N-dealkylation sites (tertiary alicyclic amines) is 1. The Labute approximate surface area is 94.0 Å². The van der Waals surface area contributed by atoms with Crippen LogP contribution in [0.2, 0.25) is 0 Å². The van der Waals surface area contributed by atoms with Crippen LogP contribution in [0.5, 0.6) is 0 Å². The van der Waals surface area contributed by atoms with Crippen LogP contribution in [0.25, 0.3) is 0 Å². The first-order chi connectivity index (χ1) is 7.59. The van der Waals surface area contributed by atoms with Crippen LogP contribution in [0.4, 0.5) is 4.79 Å². The van der Waals surface area contributed by atoms with E-state index in [0.717, 1.165) is 0 Å². The molecule has 1 N–H and O–H groups in total. The number of carbonyl (C=O) groups excluding carboxylic acids is 1. The summed E-state index contributed by atoms with van der Waals surface area (Å²) in [6, 6.07) is 0. The SMILES string of the molecule is [2H]C([2H])(O)[C@H]1CCCN(C(=O)OC(C)(C)C)C1. The fourth-order valence-electron chi connectivity index (χ4n) is 1.57. The van der Waals surface area contributed by atoms with Gasteiger partial charge in [0.05, 0.1) is 2.74 Å². The number of hydrogen-bond acceptors (Lipinski definition) is 3. The topological polar surface area (TPSA) is 49.8 Å². The van der Waals surface area contributed by atoms with Gasteiger partial charge in [0.15, 0.2) is 0 Å². The van der Waals surface area contributed by atoms with Gasteiger partial charge in [-0.15, -0.1) is 0 Å². The van der Waals surface area contributed by atoms with Gasteiger partial charge in [0, 0.05) is 19.6 Å². The van der Waals surface area contributed by atoms with Gasteiger partial charge in [0.2, 0.25) is 0 Å². The van der Waals surface area contributed by atoms with Crippen LogP contribution in [0.3, 0.4) is 0 Å². The number of nitrogens with zero attached hydrogens (tertiary/aromatic N) is 1. The van der Waals surface area contributed by atoms with Crippen molar-refractivity contribution in [3.05, 3.63) is 0 Å². The van der Waals surface area contributed by atoms with Crippen LogP contribution in [-0.2, 0) is 4.74 Å². The summed E-state index contributed by atoms with van der Waals surface area (Å²) in [4.78, 5) is 13.3. The zero-order chi connectivity index (χ0) is 13.3. The van der Waals surface area contributed by atoms with Gasteiger partial charge in [0.1, 0.15) is 5.60 Å². The molecule has 0 spiro atoms. The first kappa shape index (κ1) is 9.46. The number of aliphatic hydroxyl groups is 1. The van der Waals surface area contributed by atoms with Crippen molar-refractivity contribution in [3.8, 4) is 0 Å². The van der Waals surface area contributed by atoms with Gasteiger partial charge in [-0.25, -0.2) is 4.79 Å². The second kappa shape index (κ2) is 4.84. The molecule has 0 aromatic heterocycles. The van der Waals surface area contributed by atoms with Gasteiger partial charge in [-0.3, -0.25) is 0 Å². The van der Waals surface area contributed by atoms with E-state index < -0.39 is 24.2 Å². The van der Waals surface area contributed by atoms with Gasteiger partial charge >= 0.3 is 6.09 Å². The van der Waals surface area contributed by atoms with E-state index in [0.29, 0.717) is 19.4 Å². The predicted molar refractivity (Wildman–Crippen MR) is 57.6 cm³/mol. The minimum Gasteiger partial charge on any atom is -0.444 e. The second-order valence-corrected chi connectivity index (χ2v) is 4.89. The lowest BCUT2D eigenvalue weighted by molar-refractivity contribution is 0.0132. The molecule has 1 heterocycles. The summed E-state index contributed by atoms with van der Waals surface area (Å²) >= 11 is 0. The Morgan fingerprint density at radius 3 is 2.87 bits per heavy atom. The molecule has 4 nitrogen and oxygen atoms in total. The number of piperidine rings is 1. The van der Waals surface area contributed by atoms with Crippen molar-refractivity contribution in [1.82, 2.24) is 4.90 Å². The van der Waals surface area contributed by atoms with Crippen LogP contribution < -0.4 is 0 Å². The summed E-state index contributed by atoms with van der Waals surface area (Å²) in [5.74, 6) is -0.538. The Morgan fingerprint density at radius 2 is 2.33 bits per heavy atom. The lowest BCUT2D eigenvalue weighted by Crippen LogP contribution is -2.43. The second-order valence-electron chi connectivity index (χ2n) is 4.89. The first-order valence-electron chi connectivity index (χ1n) is 6.30. The van der Waals surface area contributed by atoms with E-state index >= 15 is 0 Å². The highest BCUT2D eigenvalue weighted by Crippen LogP contribution is 2.18. The summed E-state index contributed by atoms with van der Waals surface area (Å²) in [7, 11) is 0. The average Bonchev–Trinajstić information content (AvgIpc) is 2.14. The van der Waals surface area contributed by atoms with Crippen molar-refractivity contribution in [2.24, 2.45) is 5.92 Å². The smallest absolute Gasteiger partial charge is 0.410 e. The van der Waals surface area contributed by atoms with E-state index in [2.05, 4.69) is 0 Å². The molecule has 0 aliphatic carbocycles. The largest absolute Gasteiger partial charge is 0.444 e. The Bertz CT molecular complexity index is 283. The highest BCUT2D eigenvalue weighted by atomic mass is 16.6. The molecule has 0 unspecified atom stereocenters. The van der Waals surface area contributed by atoms with E-state index in [1.54, 1.807) is 20.8 Å². The van der Waals surface area contributed by atoms with Gasteiger partial charge in [-0.1, -0.05) is 0 Å². The summed E-state index contributed by atoms with van der Waals surface area (Å²) in [6.45, 7) is 3.90. The molecule has 0 bridgehead atoms. The average molecular weight is 217 g/mol. The molecule has 0 aromatic carbocycles. The Balaban J connectivity index is 2.58. The lowest BCUT2D eigenvalue weighted by Gasteiger charge is -2.33. The zero-order valence-electron chi connectivity index (χ0n) is 11.6. The molecule has 4 heteroatoms. The summed E-state index contributed by atoms with van der Waals surface area (Å²) in [5, 5.41) is 9.33. The highest BCUT2D eigenvalue weighted by molar-refractivity contribution is 5.68. The summed E-state index contributed by atoms with van der Waals surface area (Å²) in [6.07, 6.45) is 0.832. The van der Waals surface area contributed by atoms with Crippen molar-refractivity contribution in [3.63, 3.8) is 0 Å². The standard InChI is InChI=1S/C11H21NO3/c1-11(2,3)15-10(14)12-6-4-5-9(7-12)8-13/h9,13H,4-8H2,1-3H3/t9-/m0/s1/i8D2. The Morgan fingerprint density at radius 1 is 1.67 bits per heavy atom. The molecule has 1 atom stereocenters. The van der Waals surface area contributed by atoms with Crippen molar-refractivity contribution in [2.45, 2.75) is 39.2 Å². The van der Waals surface area contributed by atoms with Crippen molar-refractivity contribution >= 4 is 6.09 Å². The van der Waals surface area contributed by atoms with Crippen LogP contribution in [-0.4, -0.2) is 41.3 Å². The highest BCUT2D eigenvalue weighted by Gasteiger charge is 2.26. The Kier molecular flexibility index (Phi) is 3.05. The van der Waals surface area contributed by atoms with E-state index in [-0.39, 0.29) is 6.54 Å². The van der Waals surface area contributed by atoms with Gasteiger partial charge in [-0.05, 0) is 39.5 Å². The van der Waals surface area contributed by atoms with Crippen molar-refractivity contribution in [2.75, 3.05) is 19.6 Å². The molecule has 1 aliphatic heterocycles. The monoisotopic (exact) mass is 217 g/mol. The van der Waals surface area contributed by atoms with Gasteiger partial charge in [0.25, 0.3) is 0 Å². The van der Waals surface area contributed by atoms with Crippen LogP contribution in [0.15, 0.2) is 0 Å². The van der Waals surface area contributed by atoms with Gasteiger partial charge in [-0.2, -0.15) is 0 Å². The molecule has 0 radical (unpaired) electrons. The molecule has 1 rings (SSSR count). The fourth-order valence-corrected chi connectivity index (χ4v) is 1.57. The van der Waals surface area contributed by atoms with Crippen molar-refractivity contribution < 1.29 is 17.4 Å². The number of amides is 1. The maximum Gasteiger partial charge on any atom is 0.410 e. The third-order valence-electron chi connectivity index (χ3n) is 2.26. The molecular formula is C11H21NO3. The quantitative estimate of drug-likeness (QED) is 0.726. The molecule has 1 aliphatic rings. The third kappa shape index (κ3) is 4.08. The third-order valence-corrected chi connectivity index (χ3v) is 2.26. The van der Waals surface area contributed by atoms with E-state index in [4.69, 9.17) is 7.48 Å². The van der Waals surface area contributed by atoms with E-state index in [1.165, 1.54) is 4.90 Å². The lowest BCUT2D eigenvalue weighted by atomic mass is 9.99. The van der Waals surface area contributed by atoms with Crippen LogP contribution in [0.1, 0.15) is 36.4 Å². The Hall–Kier alpha value is -0.770. The van der Waals surface area contributed by atoms with E-state index in [9.17, 15) is 9.90 Å². The predicted octanol–water partition coefficient (Wildman–Crippen LogP) is 1.63. The van der Waals surface area contributed by atoms with Crippen molar-refractivity contribution in [1.29, 1.82) is 0 Å². The zero-order valence-corrected chi connectivity index (χ0v) is 9.62. The first-order valence-corrected chi connectivity index (χ1v) is 5.30. The number of hydrogen-bond donors (Lipinski definition) is 1. The molecular weight excluding hydrogens is 194 g/mol. The maximum absolute atomic E-state index is 11.8. The number of ether oxygens (including phenoxy) is 1. The molecule has 1 amide bonds. The van der Waals surface area contributed by atoms with Crippen LogP contribution >= 0.6 is 0 Å². The molecule has 15 heavy (non-hydrogen) atoms. The minimum atomic E-state index is -2.24. The molecule has 1 fully saturated rings. The minimum absolute atomic E-state index is 0.207. The molecule has 1 saturated heterocycles. The summed E-state index contributed by atoms with van der Waals surface area (Å²) < 4.78 is 19.8. The van der Waals surface area contributed by atoms with Gasteiger partial charge < -0.3 is 14.7 Å². The maximum atomic E-state index is 11.8. The normalized spacial score (nSPS) is 25.6. The molecule has 0 saturated carbocycles. The summed E-state index contributed by atoms with van der Waals surface area (Å²) in [5.41, 5.74) is -0.553. The number of rotatable bonds is 1. The molecule has 0 aromatic rings. The molecule has 88 valence electrons. The van der Waals surface area contributed by atoms with Crippen LogP contribution in [0, 0.1) is 5.92 Å².